The van der Waals surface area contributed by atoms with Crippen molar-refractivity contribution in [2.45, 2.75) is 56.9 Å². The molecule has 0 radical (unpaired) electrons. The van der Waals surface area contributed by atoms with Gasteiger partial charge < -0.3 is 5.32 Å². The molecular formula is C16H25NS. The third-order valence-corrected chi connectivity index (χ3v) is 5.14. The molecule has 0 amide bonds. The Balaban J connectivity index is 1.95. The average molecular weight is 263 g/mol. The van der Waals surface area contributed by atoms with Gasteiger partial charge in [0, 0.05) is 17.3 Å². The molecule has 1 saturated carbocycles. The smallest absolute Gasteiger partial charge is 0.0320 e. The van der Waals surface area contributed by atoms with Crippen LogP contribution in [0.5, 0.6) is 0 Å². The van der Waals surface area contributed by atoms with Gasteiger partial charge in [0.25, 0.3) is 0 Å². The molecule has 0 bridgehead atoms. The summed E-state index contributed by atoms with van der Waals surface area (Å²) in [6.45, 7) is 4.43. The molecule has 1 aromatic carbocycles. The van der Waals surface area contributed by atoms with Crippen LogP contribution in [0.4, 0.5) is 0 Å². The van der Waals surface area contributed by atoms with Gasteiger partial charge in [-0.3, -0.25) is 0 Å². The molecular weight excluding hydrogens is 238 g/mol. The van der Waals surface area contributed by atoms with E-state index in [4.69, 9.17) is 0 Å². The van der Waals surface area contributed by atoms with Crippen molar-refractivity contribution in [3.8, 4) is 0 Å². The maximum atomic E-state index is 3.85. The van der Waals surface area contributed by atoms with E-state index in [1.807, 2.05) is 11.8 Å². The zero-order valence-corrected chi connectivity index (χ0v) is 12.6. The number of aryl methyl sites for hydroxylation is 1. The predicted molar refractivity (Wildman–Crippen MR) is 82.3 cm³/mol. The fraction of sp³-hybridized carbons (Fsp3) is 0.625. The van der Waals surface area contributed by atoms with Crippen LogP contribution in [-0.4, -0.2) is 17.5 Å². The molecule has 1 N–H and O–H groups in total. The number of benzene rings is 1. The van der Waals surface area contributed by atoms with Gasteiger partial charge in [-0.2, -0.15) is 11.8 Å². The van der Waals surface area contributed by atoms with Crippen molar-refractivity contribution in [1.82, 2.24) is 5.32 Å². The quantitative estimate of drug-likeness (QED) is 0.849. The lowest BCUT2D eigenvalue weighted by molar-refractivity contribution is 0.431. The lowest BCUT2D eigenvalue weighted by atomic mass is 10.0. The average Bonchev–Trinajstić information content (AvgIpc) is 2.85. The largest absolute Gasteiger partial charge is 0.307 e. The number of rotatable bonds is 5. The Hall–Kier alpha value is -0.470. The third-order valence-electron chi connectivity index (χ3n) is 4.04. The normalized spacial score (nSPS) is 25.3. The Bertz CT molecular complexity index is 360. The van der Waals surface area contributed by atoms with Crippen molar-refractivity contribution >= 4 is 11.8 Å². The Morgan fingerprint density at radius 2 is 2.00 bits per heavy atom. The van der Waals surface area contributed by atoms with Crippen molar-refractivity contribution in [2.24, 2.45) is 0 Å². The van der Waals surface area contributed by atoms with Gasteiger partial charge in [0.2, 0.25) is 0 Å². The second kappa shape index (κ2) is 6.63. The van der Waals surface area contributed by atoms with Gasteiger partial charge in [0.15, 0.2) is 0 Å². The first kappa shape index (κ1) is 14.0. The number of thioether (sulfide) groups is 1. The van der Waals surface area contributed by atoms with Crippen LogP contribution in [0.2, 0.25) is 0 Å². The molecule has 0 aromatic heterocycles. The summed E-state index contributed by atoms with van der Waals surface area (Å²) in [4.78, 5) is 0. The minimum absolute atomic E-state index is 0.524. The fourth-order valence-corrected chi connectivity index (χ4v) is 3.64. The van der Waals surface area contributed by atoms with Crippen LogP contribution >= 0.6 is 11.8 Å². The molecule has 18 heavy (non-hydrogen) atoms. The highest BCUT2D eigenvalue weighted by Gasteiger charge is 2.25. The van der Waals surface area contributed by atoms with Gasteiger partial charge in [0.1, 0.15) is 0 Å². The maximum absolute atomic E-state index is 3.85. The molecule has 3 unspecified atom stereocenters. The van der Waals surface area contributed by atoms with E-state index >= 15 is 0 Å². The standard InChI is InChI=1S/C16H25NS/c1-4-16(13-7-5-12(2)6-8-13)17-14-9-10-15(11-14)18-3/h5-8,14-17H,4,9-11H2,1-3H3. The highest BCUT2D eigenvalue weighted by atomic mass is 32.2. The molecule has 1 aliphatic rings. The molecule has 0 spiro atoms. The van der Waals surface area contributed by atoms with Crippen molar-refractivity contribution in [2.75, 3.05) is 6.26 Å². The van der Waals surface area contributed by atoms with Crippen molar-refractivity contribution in [3.05, 3.63) is 35.4 Å². The van der Waals surface area contributed by atoms with E-state index in [1.54, 1.807) is 0 Å². The summed E-state index contributed by atoms with van der Waals surface area (Å²) in [5.41, 5.74) is 2.78. The zero-order valence-electron chi connectivity index (χ0n) is 11.8. The Labute approximate surface area is 116 Å². The topological polar surface area (TPSA) is 12.0 Å². The first-order chi connectivity index (χ1) is 8.72. The van der Waals surface area contributed by atoms with Gasteiger partial charge >= 0.3 is 0 Å². The molecule has 0 saturated heterocycles. The lowest BCUT2D eigenvalue weighted by Gasteiger charge is -2.22. The minimum Gasteiger partial charge on any atom is -0.307 e. The van der Waals surface area contributed by atoms with Crippen LogP contribution in [0.3, 0.4) is 0 Å². The van der Waals surface area contributed by atoms with E-state index in [0.717, 1.165) is 5.25 Å². The predicted octanol–water partition coefficient (Wildman–Crippen LogP) is 4.32. The summed E-state index contributed by atoms with van der Waals surface area (Å²) in [6, 6.07) is 10.2. The summed E-state index contributed by atoms with van der Waals surface area (Å²) in [5, 5.41) is 4.73. The third kappa shape index (κ3) is 3.52. The number of hydrogen-bond acceptors (Lipinski definition) is 2. The monoisotopic (exact) mass is 263 g/mol. The van der Waals surface area contributed by atoms with Crippen LogP contribution in [0, 0.1) is 6.92 Å². The van der Waals surface area contributed by atoms with Crippen LogP contribution in [0.1, 0.15) is 49.8 Å². The van der Waals surface area contributed by atoms with Crippen LogP contribution < -0.4 is 5.32 Å². The maximum Gasteiger partial charge on any atom is 0.0320 e. The highest BCUT2D eigenvalue weighted by Crippen LogP contribution is 2.30. The fourth-order valence-electron chi connectivity index (χ4n) is 2.84. The summed E-state index contributed by atoms with van der Waals surface area (Å²) >= 11 is 2.03. The van der Waals surface area contributed by atoms with E-state index in [1.165, 1.54) is 36.8 Å². The van der Waals surface area contributed by atoms with Gasteiger partial charge in [-0.15, -0.1) is 0 Å². The van der Waals surface area contributed by atoms with Crippen LogP contribution in [0.15, 0.2) is 24.3 Å². The molecule has 2 rings (SSSR count). The van der Waals surface area contributed by atoms with Crippen molar-refractivity contribution in [3.63, 3.8) is 0 Å². The van der Waals surface area contributed by atoms with Gasteiger partial charge in [-0.1, -0.05) is 36.8 Å². The molecule has 1 fully saturated rings. The Morgan fingerprint density at radius 1 is 1.28 bits per heavy atom. The van der Waals surface area contributed by atoms with Crippen LogP contribution in [-0.2, 0) is 0 Å². The van der Waals surface area contributed by atoms with E-state index in [0.29, 0.717) is 12.1 Å². The molecule has 2 heteroatoms. The van der Waals surface area contributed by atoms with Gasteiger partial charge in [-0.25, -0.2) is 0 Å². The summed E-state index contributed by atoms with van der Waals surface area (Å²) in [6.07, 6.45) is 7.47. The van der Waals surface area contributed by atoms with E-state index < -0.39 is 0 Å². The molecule has 100 valence electrons. The number of nitrogens with one attached hydrogen (secondary N) is 1. The lowest BCUT2D eigenvalue weighted by Crippen LogP contribution is -2.30. The van der Waals surface area contributed by atoms with Crippen LogP contribution in [0.25, 0.3) is 0 Å². The zero-order chi connectivity index (χ0) is 13.0. The first-order valence-electron chi connectivity index (χ1n) is 7.08. The molecule has 0 aliphatic heterocycles. The van der Waals surface area contributed by atoms with E-state index in [2.05, 4.69) is 49.7 Å². The van der Waals surface area contributed by atoms with Crippen molar-refractivity contribution < 1.29 is 0 Å². The first-order valence-corrected chi connectivity index (χ1v) is 8.37. The molecule has 1 nitrogen and oxygen atoms in total. The summed E-state index contributed by atoms with van der Waals surface area (Å²) in [7, 11) is 0. The Morgan fingerprint density at radius 3 is 2.56 bits per heavy atom. The van der Waals surface area contributed by atoms with E-state index in [-0.39, 0.29) is 0 Å². The highest BCUT2D eigenvalue weighted by molar-refractivity contribution is 7.99. The molecule has 0 heterocycles. The van der Waals surface area contributed by atoms with E-state index in [9.17, 15) is 0 Å². The van der Waals surface area contributed by atoms with Gasteiger partial charge in [0.05, 0.1) is 0 Å². The number of hydrogen-bond donors (Lipinski definition) is 1. The molecule has 1 aromatic rings. The second-order valence-electron chi connectivity index (χ2n) is 5.41. The second-order valence-corrected chi connectivity index (χ2v) is 6.54. The SMILES string of the molecule is CCC(NC1CCC(SC)C1)c1ccc(C)cc1. The Kier molecular flexibility index (Phi) is 5.13. The molecule has 3 atom stereocenters. The summed E-state index contributed by atoms with van der Waals surface area (Å²) < 4.78 is 0. The molecule has 1 aliphatic carbocycles. The van der Waals surface area contributed by atoms with Crippen molar-refractivity contribution in [1.29, 1.82) is 0 Å². The summed E-state index contributed by atoms with van der Waals surface area (Å²) in [5.74, 6) is 0. The van der Waals surface area contributed by atoms with Gasteiger partial charge in [-0.05, 0) is 44.4 Å². The minimum atomic E-state index is 0.524.